The second kappa shape index (κ2) is 13.1. The van der Waals surface area contributed by atoms with Crippen molar-refractivity contribution in [1.29, 1.82) is 0 Å². The van der Waals surface area contributed by atoms with Gasteiger partial charge in [0.05, 0.1) is 42.7 Å². The molecular weight excluding hydrogens is 600 g/mol. The Morgan fingerprint density at radius 3 is 2.50 bits per heavy atom. The Bertz CT molecular complexity index is 2170. The minimum absolute atomic E-state index is 0.202. The third kappa shape index (κ3) is 5.81. The molecule has 5 aromatic rings. The molecule has 0 fully saturated rings. The predicted molar refractivity (Wildman–Crippen MR) is 179 cm³/mol. The molecule has 0 spiro atoms. The van der Waals surface area contributed by atoms with Gasteiger partial charge in [0.15, 0.2) is 16.3 Å². The van der Waals surface area contributed by atoms with Crippen molar-refractivity contribution in [1.82, 2.24) is 4.57 Å². The summed E-state index contributed by atoms with van der Waals surface area (Å²) >= 11 is 1.26. The normalized spacial score (nSPS) is 14.5. The van der Waals surface area contributed by atoms with Gasteiger partial charge in [0, 0.05) is 0 Å². The number of carbonyl (C=O) groups is 1. The molecule has 0 radical (unpaired) electrons. The highest BCUT2D eigenvalue weighted by atomic mass is 32.1. The lowest BCUT2D eigenvalue weighted by atomic mass is 9.95. The second-order valence-corrected chi connectivity index (χ2v) is 11.9. The summed E-state index contributed by atoms with van der Waals surface area (Å²) < 4.78 is 24.9. The number of benzene rings is 4. The quantitative estimate of drug-likeness (QED) is 0.189. The van der Waals surface area contributed by atoms with E-state index < -0.39 is 12.0 Å². The van der Waals surface area contributed by atoms with Crippen LogP contribution in [0.4, 0.5) is 0 Å². The lowest BCUT2D eigenvalue weighted by Gasteiger charge is -2.25. The monoisotopic (exact) mass is 634 g/mol. The van der Waals surface area contributed by atoms with Crippen LogP contribution in [-0.4, -0.2) is 31.4 Å². The highest BCUT2D eigenvalue weighted by Gasteiger charge is 2.33. The van der Waals surface area contributed by atoms with E-state index in [1.165, 1.54) is 11.3 Å². The van der Waals surface area contributed by atoms with Crippen molar-refractivity contribution in [2.24, 2.45) is 4.99 Å². The molecule has 0 saturated heterocycles. The van der Waals surface area contributed by atoms with Crippen LogP contribution >= 0.6 is 11.3 Å². The zero-order valence-corrected chi connectivity index (χ0v) is 27.1. The van der Waals surface area contributed by atoms with E-state index in [0.29, 0.717) is 44.5 Å². The summed E-state index contributed by atoms with van der Waals surface area (Å²) in [6, 6.07) is 24.9. The molecule has 0 bridgehead atoms. The summed E-state index contributed by atoms with van der Waals surface area (Å²) in [7, 11) is 3.19. The zero-order valence-electron chi connectivity index (χ0n) is 26.3. The number of carbonyl (C=O) groups excluding carboxylic acids is 1. The lowest BCUT2D eigenvalue weighted by molar-refractivity contribution is -0.139. The molecular formula is C37H34N2O6S. The molecule has 234 valence electrons. The van der Waals surface area contributed by atoms with Crippen LogP contribution in [0.5, 0.6) is 17.2 Å². The summed E-state index contributed by atoms with van der Waals surface area (Å²) in [6.45, 7) is 6.04. The van der Waals surface area contributed by atoms with E-state index >= 15 is 0 Å². The third-order valence-corrected chi connectivity index (χ3v) is 9.00. The Morgan fingerprint density at radius 2 is 1.72 bits per heavy atom. The van der Waals surface area contributed by atoms with Crippen molar-refractivity contribution in [3.8, 4) is 17.2 Å². The molecule has 46 heavy (non-hydrogen) atoms. The summed E-state index contributed by atoms with van der Waals surface area (Å²) in [5.41, 5.74) is 4.06. The molecule has 1 aliphatic heterocycles. The van der Waals surface area contributed by atoms with Gasteiger partial charge in [0.25, 0.3) is 5.56 Å². The number of nitrogens with zero attached hydrogens (tertiary/aromatic N) is 2. The smallest absolute Gasteiger partial charge is 0.338 e. The van der Waals surface area contributed by atoms with Crippen LogP contribution < -0.4 is 29.1 Å². The number of aromatic nitrogens is 1. The van der Waals surface area contributed by atoms with E-state index in [2.05, 4.69) is 29.3 Å². The highest BCUT2D eigenvalue weighted by molar-refractivity contribution is 7.07. The van der Waals surface area contributed by atoms with E-state index in [1.807, 2.05) is 61.5 Å². The topological polar surface area (TPSA) is 88.4 Å². The average Bonchev–Trinajstić information content (AvgIpc) is 3.37. The summed E-state index contributed by atoms with van der Waals surface area (Å²) in [6.07, 6.45) is 1.80. The standard InChI is InChI=1S/C37H34N2O6S/c1-6-44-36(41)33-23(3)38-37-39(34(33)26-16-14-22(2)30(20-26)42-4)35(40)32(46-37)19-24-15-17-29(31(18-24)43-5)45-21-27-12-9-11-25-10-7-8-13-28(25)27/h7-20,34H,6,21H2,1-5H3/b32-19+. The molecule has 6 rings (SSSR count). The Hall–Kier alpha value is -5.15. The molecule has 1 atom stereocenters. The molecule has 0 N–H and O–H groups in total. The van der Waals surface area contributed by atoms with Crippen LogP contribution in [0.15, 0.2) is 99.9 Å². The van der Waals surface area contributed by atoms with Gasteiger partial charge in [-0.15, -0.1) is 0 Å². The van der Waals surface area contributed by atoms with Crippen molar-refractivity contribution in [3.63, 3.8) is 0 Å². The maximum Gasteiger partial charge on any atom is 0.338 e. The van der Waals surface area contributed by atoms with Gasteiger partial charge in [-0.1, -0.05) is 72.0 Å². The van der Waals surface area contributed by atoms with E-state index in [0.717, 1.165) is 33.0 Å². The molecule has 1 unspecified atom stereocenters. The Balaban J connectivity index is 1.38. The molecule has 1 aromatic heterocycles. The van der Waals surface area contributed by atoms with Crippen LogP contribution in [0.3, 0.4) is 0 Å². The molecule has 0 aliphatic carbocycles. The predicted octanol–water partition coefficient (Wildman–Crippen LogP) is 5.86. The van der Waals surface area contributed by atoms with Crippen LogP contribution in [0, 0.1) is 6.92 Å². The van der Waals surface area contributed by atoms with Crippen molar-refractivity contribution in [3.05, 3.63) is 132 Å². The lowest BCUT2D eigenvalue weighted by Crippen LogP contribution is -2.40. The fourth-order valence-corrected chi connectivity index (χ4v) is 6.78. The number of fused-ring (bicyclic) bond motifs is 2. The average molecular weight is 635 g/mol. The maximum absolute atomic E-state index is 14.1. The summed E-state index contributed by atoms with van der Waals surface area (Å²) in [4.78, 5) is 32.5. The van der Waals surface area contributed by atoms with Crippen LogP contribution in [0.2, 0.25) is 0 Å². The molecule has 4 aromatic carbocycles. The van der Waals surface area contributed by atoms with E-state index in [1.54, 1.807) is 38.7 Å². The maximum atomic E-state index is 14.1. The first kappa shape index (κ1) is 30.9. The van der Waals surface area contributed by atoms with Gasteiger partial charge in [-0.25, -0.2) is 9.79 Å². The summed E-state index contributed by atoms with van der Waals surface area (Å²) in [5.74, 6) is 1.29. The van der Waals surface area contributed by atoms with Crippen molar-refractivity contribution >= 4 is 34.2 Å². The van der Waals surface area contributed by atoms with Crippen LogP contribution in [0.25, 0.3) is 16.8 Å². The number of allylic oxidation sites excluding steroid dienone is 1. The number of hydrogen-bond donors (Lipinski definition) is 0. The molecule has 9 heteroatoms. The number of aryl methyl sites for hydroxylation is 1. The van der Waals surface area contributed by atoms with Crippen molar-refractivity contribution < 1.29 is 23.7 Å². The highest BCUT2D eigenvalue weighted by Crippen LogP contribution is 2.34. The molecule has 1 aliphatic rings. The van der Waals surface area contributed by atoms with E-state index in [-0.39, 0.29) is 12.2 Å². The van der Waals surface area contributed by atoms with E-state index in [4.69, 9.17) is 18.9 Å². The third-order valence-electron chi connectivity index (χ3n) is 8.01. The number of esters is 1. The van der Waals surface area contributed by atoms with Gasteiger partial charge in [-0.2, -0.15) is 0 Å². The summed E-state index contributed by atoms with van der Waals surface area (Å²) in [5, 5.41) is 2.29. The number of thiazole rings is 1. The van der Waals surface area contributed by atoms with Gasteiger partial charge in [-0.3, -0.25) is 9.36 Å². The van der Waals surface area contributed by atoms with Gasteiger partial charge in [0.2, 0.25) is 0 Å². The van der Waals surface area contributed by atoms with Gasteiger partial charge in [0.1, 0.15) is 12.4 Å². The van der Waals surface area contributed by atoms with Crippen LogP contribution in [0.1, 0.15) is 42.1 Å². The fraction of sp³-hybridized carbons (Fsp3) is 0.216. The Labute approximate surface area is 270 Å². The number of ether oxygens (including phenoxy) is 4. The number of rotatable bonds is 9. The van der Waals surface area contributed by atoms with Gasteiger partial charge < -0.3 is 18.9 Å². The Morgan fingerprint density at radius 1 is 0.935 bits per heavy atom. The Kier molecular flexibility index (Phi) is 8.76. The largest absolute Gasteiger partial charge is 0.496 e. The minimum Gasteiger partial charge on any atom is -0.496 e. The first-order valence-corrected chi connectivity index (χ1v) is 15.8. The molecule has 8 nitrogen and oxygen atoms in total. The van der Waals surface area contributed by atoms with Crippen molar-refractivity contribution in [2.45, 2.75) is 33.4 Å². The van der Waals surface area contributed by atoms with Crippen LogP contribution in [-0.2, 0) is 16.1 Å². The SMILES string of the molecule is CCOC(=O)C1=C(C)N=c2s/c(=C/c3ccc(OCc4cccc5ccccc45)c(OC)c3)c(=O)n2C1c1ccc(C)c(OC)c1. The number of methoxy groups -OCH3 is 2. The van der Waals surface area contributed by atoms with Gasteiger partial charge >= 0.3 is 5.97 Å². The first-order chi connectivity index (χ1) is 22.3. The van der Waals surface area contributed by atoms with Crippen molar-refractivity contribution in [2.75, 3.05) is 20.8 Å². The molecule has 0 saturated carbocycles. The first-order valence-electron chi connectivity index (χ1n) is 14.9. The van der Waals surface area contributed by atoms with E-state index in [9.17, 15) is 9.59 Å². The zero-order chi connectivity index (χ0) is 32.4. The van der Waals surface area contributed by atoms with Gasteiger partial charge in [-0.05, 0) is 78.1 Å². The second-order valence-electron chi connectivity index (χ2n) is 10.9. The minimum atomic E-state index is -0.730. The number of hydrogen-bond acceptors (Lipinski definition) is 8. The molecule has 2 heterocycles. The fourth-order valence-electron chi connectivity index (χ4n) is 5.73. The molecule has 0 amide bonds.